The number of nitrogens with zero attached hydrogens (tertiary/aromatic N) is 1. The van der Waals surface area contributed by atoms with Crippen LogP contribution < -0.4 is 10.1 Å². The van der Waals surface area contributed by atoms with Gasteiger partial charge in [0.15, 0.2) is 18.1 Å². The quantitative estimate of drug-likeness (QED) is 0.738. The lowest BCUT2D eigenvalue weighted by Crippen LogP contribution is -2.19. The Labute approximate surface area is 97.2 Å². The zero-order valence-electron chi connectivity index (χ0n) is 8.88. The van der Waals surface area contributed by atoms with Crippen molar-refractivity contribution in [3.63, 3.8) is 0 Å². The molecule has 2 aromatic rings. The molecule has 0 radical (unpaired) electrons. The Morgan fingerprint density at radius 2 is 2.29 bits per heavy atom. The third-order valence-corrected chi connectivity index (χ3v) is 2.01. The average molecular weight is 233 g/mol. The molecule has 0 unspecified atom stereocenters. The summed E-state index contributed by atoms with van der Waals surface area (Å²) in [6, 6.07) is 6.46. The maximum atomic E-state index is 11.4. The molecule has 0 aliphatic rings. The van der Waals surface area contributed by atoms with Gasteiger partial charge in [-0.15, -0.1) is 0 Å². The van der Waals surface area contributed by atoms with Gasteiger partial charge in [-0.05, 0) is 12.1 Å². The van der Waals surface area contributed by atoms with Crippen LogP contribution in [0.25, 0.3) is 0 Å². The van der Waals surface area contributed by atoms with Gasteiger partial charge in [0.1, 0.15) is 0 Å². The number of anilines is 1. The van der Waals surface area contributed by atoms with Crippen molar-refractivity contribution in [3.8, 4) is 11.5 Å². The topological polar surface area (TPSA) is 87.2 Å². The van der Waals surface area contributed by atoms with Crippen LogP contribution in [-0.2, 0) is 4.79 Å². The van der Waals surface area contributed by atoms with Gasteiger partial charge in [-0.3, -0.25) is 9.89 Å². The minimum Gasteiger partial charge on any atom is -0.504 e. The van der Waals surface area contributed by atoms with Gasteiger partial charge in [0.2, 0.25) is 0 Å². The number of amides is 1. The standard InChI is InChI=1S/C11H11N3O3/c15-9-3-1-2-4-10(9)17-7-11(16)14-8-5-12-13-6-8/h1-6,15H,7H2,(H,12,13)(H,14,16). The maximum Gasteiger partial charge on any atom is 0.262 e. The van der Waals surface area contributed by atoms with Crippen molar-refractivity contribution < 1.29 is 14.6 Å². The van der Waals surface area contributed by atoms with Crippen molar-refractivity contribution in [1.82, 2.24) is 10.2 Å². The fourth-order valence-corrected chi connectivity index (χ4v) is 1.24. The van der Waals surface area contributed by atoms with E-state index in [1.165, 1.54) is 12.3 Å². The van der Waals surface area contributed by atoms with Crippen LogP contribution in [0.4, 0.5) is 5.69 Å². The number of phenols is 1. The van der Waals surface area contributed by atoms with Crippen LogP contribution in [0.15, 0.2) is 36.7 Å². The number of rotatable bonds is 4. The molecule has 88 valence electrons. The summed E-state index contributed by atoms with van der Waals surface area (Å²) in [7, 11) is 0. The summed E-state index contributed by atoms with van der Waals surface area (Å²) in [6.07, 6.45) is 3.04. The number of hydrogen-bond acceptors (Lipinski definition) is 4. The van der Waals surface area contributed by atoms with Crippen molar-refractivity contribution in [1.29, 1.82) is 0 Å². The van der Waals surface area contributed by atoms with Crippen molar-refractivity contribution >= 4 is 11.6 Å². The Balaban J connectivity index is 1.86. The van der Waals surface area contributed by atoms with E-state index in [0.717, 1.165) is 0 Å². The molecule has 1 aromatic heterocycles. The molecule has 6 nitrogen and oxygen atoms in total. The summed E-state index contributed by atoms with van der Waals surface area (Å²) in [5, 5.41) is 18.2. The Hall–Kier alpha value is -2.50. The van der Waals surface area contributed by atoms with Crippen molar-refractivity contribution in [3.05, 3.63) is 36.7 Å². The number of hydrogen-bond donors (Lipinski definition) is 3. The van der Waals surface area contributed by atoms with Crippen LogP contribution in [0, 0.1) is 0 Å². The predicted molar refractivity (Wildman–Crippen MR) is 60.8 cm³/mol. The van der Waals surface area contributed by atoms with Gasteiger partial charge in [-0.1, -0.05) is 12.1 Å². The van der Waals surface area contributed by atoms with Gasteiger partial charge in [-0.2, -0.15) is 5.10 Å². The van der Waals surface area contributed by atoms with E-state index in [4.69, 9.17) is 4.74 Å². The number of phenolic OH excluding ortho intramolecular Hbond substituents is 1. The summed E-state index contributed by atoms with van der Waals surface area (Å²) in [5.41, 5.74) is 0.566. The summed E-state index contributed by atoms with van der Waals surface area (Å²) in [5.74, 6) is -0.0480. The van der Waals surface area contributed by atoms with Crippen molar-refractivity contribution in [2.45, 2.75) is 0 Å². The van der Waals surface area contributed by atoms with Crippen LogP contribution in [0.2, 0.25) is 0 Å². The molecule has 0 atom stereocenters. The highest BCUT2D eigenvalue weighted by Gasteiger charge is 2.06. The Morgan fingerprint density at radius 3 is 3.00 bits per heavy atom. The summed E-state index contributed by atoms with van der Waals surface area (Å²) in [6.45, 7) is -0.178. The van der Waals surface area contributed by atoms with E-state index in [2.05, 4.69) is 15.5 Å². The lowest BCUT2D eigenvalue weighted by molar-refractivity contribution is -0.118. The second-order valence-corrected chi connectivity index (χ2v) is 3.29. The largest absolute Gasteiger partial charge is 0.504 e. The second-order valence-electron chi connectivity index (χ2n) is 3.29. The second kappa shape index (κ2) is 5.02. The smallest absolute Gasteiger partial charge is 0.262 e. The molecule has 0 aliphatic carbocycles. The van der Waals surface area contributed by atoms with E-state index < -0.39 is 0 Å². The lowest BCUT2D eigenvalue weighted by atomic mass is 10.3. The van der Waals surface area contributed by atoms with Gasteiger partial charge in [0.25, 0.3) is 5.91 Å². The number of benzene rings is 1. The molecule has 3 N–H and O–H groups in total. The molecule has 1 amide bonds. The average Bonchev–Trinajstić information content (AvgIpc) is 2.81. The molecule has 0 aliphatic heterocycles. The number of aromatic hydroxyl groups is 1. The Kier molecular flexibility index (Phi) is 3.25. The van der Waals surface area contributed by atoms with E-state index in [0.29, 0.717) is 5.69 Å². The molecule has 0 fully saturated rings. The number of ether oxygens (including phenoxy) is 1. The van der Waals surface area contributed by atoms with Crippen LogP contribution in [0.1, 0.15) is 0 Å². The van der Waals surface area contributed by atoms with Crippen LogP contribution in [0.5, 0.6) is 11.5 Å². The fraction of sp³-hybridized carbons (Fsp3) is 0.0909. The third kappa shape index (κ3) is 2.97. The van der Waals surface area contributed by atoms with Crippen LogP contribution >= 0.6 is 0 Å². The molecule has 1 heterocycles. The summed E-state index contributed by atoms with van der Waals surface area (Å²) in [4.78, 5) is 11.4. The number of para-hydroxylation sites is 2. The monoisotopic (exact) mass is 233 g/mol. The molecule has 0 bridgehead atoms. The van der Waals surface area contributed by atoms with Gasteiger partial charge in [0, 0.05) is 6.20 Å². The summed E-state index contributed by atoms with van der Waals surface area (Å²) >= 11 is 0. The fourth-order valence-electron chi connectivity index (χ4n) is 1.24. The number of nitrogens with one attached hydrogen (secondary N) is 2. The van der Waals surface area contributed by atoms with E-state index >= 15 is 0 Å². The van der Waals surface area contributed by atoms with Gasteiger partial charge in [0.05, 0.1) is 11.9 Å². The number of carbonyl (C=O) groups excluding carboxylic acids is 1. The zero-order chi connectivity index (χ0) is 12.1. The number of aromatic nitrogens is 2. The molecular formula is C11H11N3O3. The highest BCUT2D eigenvalue weighted by atomic mass is 16.5. The lowest BCUT2D eigenvalue weighted by Gasteiger charge is -2.07. The van der Waals surface area contributed by atoms with E-state index in [-0.39, 0.29) is 24.0 Å². The first-order valence-electron chi connectivity index (χ1n) is 4.95. The molecule has 0 spiro atoms. The maximum absolute atomic E-state index is 11.4. The van der Waals surface area contributed by atoms with Crippen molar-refractivity contribution in [2.24, 2.45) is 0 Å². The molecule has 0 saturated heterocycles. The Bertz CT molecular complexity index is 496. The van der Waals surface area contributed by atoms with Crippen LogP contribution in [-0.4, -0.2) is 27.8 Å². The highest BCUT2D eigenvalue weighted by molar-refractivity contribution is 5.91. The third-order valence-electron chi connectivity index (χ3n) is 2.01. The normalized spacial score (nSPS) is 9.88. The SMILES string of the molecule is O=C(COc1ccccc1O)Nc1cn[nH]c1. The number of H-pyrrole nitrogens is 1. The van der Waals surface area contributed by atoms with E-state index in [9.17, 15) is 9.90 Å². The zero-order valence-corrected chi connectivity index (χ0v) is 8.88. The molecular weight excluding hydrogens is 222 g/mol. The first-order chi connectivity index (χ1) is 8.25. The van der Waals surface area contributed by atoms with Gasteiger partial charge >= 0.3 is 0 Å². The van der Waals surface area contributed by atoms with Crippen LogP contribution in [0.3, 0.4) is 0 Å². The highest BCUT2D eigenvalue weighted by Crippen LogP contribution is 2.24. The first kappa shape index (κ1) is 11.0. The molecule has 6 heteroatoms. The first-order valence-corrected chi connectivity index (χ1v) is 4.95. The molecule has 0 saturated carbocycles. The van der Waals surface area contributed by atoms with E-state index in [1.54, 1.807) is 24.4 Å². The number of aromatic amines is 1. The number of carbonyl (C=O) groups is 1. The minimum atomic E-state index is -0.324. The molecule has 17 heavy (non-hydrogen) atoms. The van der Waals surface area contributed by atoms with Gasteiger partial charge < -0.3 is 15.2 Å². The van der Waals surface area contributed by atoms with E-state index in [1.807, 2.05) is 0 Å². The van der Waals surface area contributed by atoms with Gasteiger partial charge in [-0.25, -0.2) is 0 Å². The minimum absolute atomic E-state index is 0.00334. The molecule has 1 aromatic carbocycles. The van der Waals surface area contributed by atoms with Crippen molar-refractivity contribution in [2.75, 3.05) is 11.9 Å². The molecule has 2 rings (SSSR count). The Morgan fingerprint density at radius 1 is 1.47 bits per heavy atom. The summed E-state index contributed by atoms with van der Waals surface area (Å²) < 4.78 is 5.15. The predicted octanol–water partition coefficient (Wildman–Crippen LogP) is 1.13.